The van der Waals surface area contributed by atoms with Gasteiger partial charge in [0.25, 0.3) is 5.69 Å². The summed E-state index contributed by atoms with van der Waals surface area (Å²) in [7, 11) is 2.80. The van der Waals surface area contributed by atoms with Crippen LogP contribution in [0.4, 0.5) is 11.4 Å². The molecule has 0 amide bonds. The highest BCUT2D eigenvalue weighted by Gasteiger charge is 2.22. The first-order valence-corrected chi connectivity index (χ1v) is 6.31. The molecule has 1 atom stereocenters. The third kappa shape index (κ3) is 4.23. The molecule has 0 aliphatic rings. The summed E-state index contributed by atoms with van der Waals surface area (Å²) < 4.78 is 10.1. The maximum absolute atomic E-state index is 11.1. The quantitative estimate of drug-likeness (QED) is 0.559. The molecule has 116 valence electrons. The number of methoxy groups -OCH3 is 2. The van der Waals surface area contributed by atoms with Crippen molar-refractivity contribution in [2.24, 2.45) is 0 Å². The lowest BCUT2D eigenvalue weighted by atomic mass is 10.1. The van der Waals surface area contributed by atoms with E-state index in [4.69, 9.17) is 14.6 Å². The van der Waals surface area contributed by atoms with Crippen LogP contribution >= 0.6 is 0 Å². The van der Waals surface area contributed by atoms with E-state index >= 15 is 0 Å². The van der Waals surface area contributed by atoms with Gasteiger partial charge >= 0.3 is 5.97 Å². The molecule has 0 radical (unpaired) electrons. The Kier molecular flexibility index (Phi) is 5.77. The number of ether oxygens (including phenoxy) is 2. The lowest BCUT2D eigenvalue weighted by molar-refractivity contribution is -0.384. The van der Waals surface area contributed by atoms with Gasteiger partial charge in [-0.2, -0.15) is 0 Å². The first-order chi connectivity index (χ1) is 9.92. The Balaban J connectivity index is 3.19. The first-order valence-electron chi connectivity index (χ1n) is 6.31. The molecule has 8 heteroatoms. The number of nitro groups is 1. The molecule has 0 bridgehead atoms. The molecule has 21 heavy (non-hydrogen) atoms. The van der Waals surface area contributed by atoms with Crippen molar-refractivity contribution in [3.8, 4) is 11.5 Å². The summed E-state index contributed by atoms with van der Waals surface area (Å²) in [5.41, 5.74) is 0.00207. The monoisotopic (exact) mass is 298 g/mol. The standard InChI is InChI=1S/C13H18N2O6/c1-4-8(5-13(16)17)14-9-6-11(20-2)12(21-3)7-10(9)15(18)19/h6-8,14H,4-5H2,1-3H3,(H,16,17). The topological polar surface area (TPSA) is 111 Å². The summed E-state index contributed by atoms with van der Waals surface area (Å²) >= 11 is 0. The van der Waals surface area contributed by atoms with Crippen molar-refractivity contribution in [2.45, 2.75) is 25.8 Å². The lowest BCUT2D eigenvalue weighted by Gasteiger charge is -2.17. The molecular weight excluding hydrogens is 280 g/mol. The number of carboxylic acid groups (broad SMARTS) is 1. The minimum Gasteiger partial charge on any atom is -0.493 e. The van der Waals surface area contributed by atoms with Crippen molar-refractivity contribution in [1.82, 2.24) is 0 Å². The maximum atomic E-state index is 11.1. The van der Waals surface area contributed by atoms with Crippen molar-refractivity contribution in [1.29, 1.82) is 0 Å². The molecule has 1 rings (SSSR count). The van der Waals surface area contributed by atoms with Crippen molar-refractivity contribution >= 4 is 17.3 Å². The molecule has 8 nitrogen and oxygen atoms in total. The molecule has 1 aromatic carbocycles. The van der Waals surface area contributed by atoms with E-state index in [2.05, 4.69) is 5.32 Å². The second-order valence-electron chi connectivity index (χ2n) is 4.33. The summed E-state index contributed by atoms with van der Waals surface area (Å²) in [6.45, 7) is 1.80. The lowest BCUT2D eigenvalue weighted by Crippen LogP contribution is -2.22. The number of hydrogen-bond donors (Lipinski definition) is 2. The zero-order valence-corrected chi connectivity index (χ0v) is 12.1. The molecule has 0 aliphatic heterocycles. The molecule has 2 N–H and O–H groups in total. The largest absolute Gasteiger partial charge is 0.493 e. The van der Waals surface area contributed by atoms with Crippen molar-refractivity contribution in [2.75, 3.05) is 19.5 Å². The van der Waals surface area contributed by atoms with Crippen LogP contribution in [-0.2, 0) is 4.79 Å². The molecular formula is C13H18N2O6. The maximum Gasteiger partial charge on any atom is 0.305 e. The van der Waals surface area contributed by atoms with E-state index in [1.807, 2.05) is 0 Å². The van der Waals surface area contributed by atoms with Crippen LogP contribution < -0.4 is 14.8 Å². The Morgan fingerprint density at radius 1 is 1.38 bits per heavy atom. The molecule has 0 fully saturated rings. The van der Waals surface area contributed by atoms with Gasteiger partial charge in [0.15, 0.2) is 11.5 Å². The Morgan fingerprint density at radius 3 is 2.38 bits per heavy atom. The Morgan fingerprint density at radius 2 is 1.95 bits per heavy atom. The minimum absolute atomic E-state index is 0.137. The van der Waals surface area contributed by atoms with E-state index in [-0.39, 0.29) is 23.5 Å². The van der Waals surface area contributed by atoms with E-state index < -0.39 is 16.9 Å². The molecule has 0 aliphatic carbocycles. The van der Waals surface area contributed by atoms with Crippen LogP contribution in [0.25, 0.3) is 0 Å². The molecule has 0 saturated carbocycles. The van der Waals surface area contributed by atoms with Crippen molar-refractivity contribution < 1.29 is 24.3 Å². The average molecular weight is 298 g/mol. The smallest absolute Gasteiger partial charge is 0.305 e. The van der Waals surface area contributed by atoms with Crippen LogP contribution in [-0.4, -0.2) is 36.3 Å². The highest BCUT2D eigenvalue weighted by molar-refractivity contribution is 5.71. The first kappa shape index (κ1) is 16.5. The second-order valence-corrected chi connectivity index (χ2v) is 4.33. The predicted octanol–water partition coefficient (Wildman–Crippen LogP) is 2.28. The van der Waals surface area contributed by atoms with Gasteiger partial charge in [-0.1, -0.05) is 6.92 Å². The highest BCUT2D eigenvalue weighted by atomic mass is 16.6. The van der Waals surface area contributed by atoms with Gasteiger partial charge < -0.3 is 19.9 Å². The van der Waals surface area contributed by atoms with Crippen LogP contribution in [0.2, 0.25) is 0 Å². The number of carbonyl (C=O) groups is 1. The van der Waals surface area contributed by atoms with E-state index in [1.54, 1.807) is 6.92 Å². The Bertz CT molecular complexity index is 532. The molecule has 1 aromatic rings. The average Bonchev–Trinajstić information content (AvgIpc) is 2.45. The van der Waals surface area contributed by atoms with Gasteiger partial charge in [-0.05, 0) is 6.42 Å². The summed E-state index contributed by atoms with van der Waals surface area (Å²) in [4.78, 5) is 21.4. The number of nitrogens with zero attached hydrogens (tertiary/aromatic N) is 1. The summed E-state index contributed by atoms with van der Waals surface area (Å²) in [6, 6.07) is 2.26. The van der Waals surface area contributed by atoms with Crippen LogP contribution in [0.1, 0.15) is 19.8 Å². The molecule has 0 spiro atoms. The van der Waals surface area contributed by atoms with E-state index in [0.29, 0.717) is 12.2 Å². The number of anilines is 1. The molecule has 0 saturated heterocycles. The molecule has 0 heterocycles. The third-order valence-electron chi connectivity index (χ3n) is 2.97. The summed E-state index contributed by atoms with van der Waals surface area (Å²) in [5.74, 6) is -0.408. The number of nitrogens with one attached hydrogen (secondary N) is 1. The van der Waals surface area contributed by atoms with Gasteiger partial charge in [-0.15, -0.1) is 0 Å². The SMILES string of the molecule is CCC(CC(=O)O)Nc1cc(OC)c(OC)cc1[N+](=O)[O-]. The van der Waals surface area contributed by atoms with Crippen LogP contribution in [0.5, 0.6) is 11.5 Å². The normalized spacial score (nSPS) is 11.6. The Labute approximate surface area is 121 Å². The fourth-order valence-corrected chi connectivity index (χ4v) is 1.86. The van der Waals surface area contributed by atoms with Crippen molar-refractivity contribution in [3.63, 3.8) is 0 Å². The van der Waals surface area contributed by atoms with Gasteiger partial charge in [0.05, 0.1) is 31.6 Å². The van der Waals surface area contributed by atoms with Crippen LogP contribution in [0.15, 0.2) is 12.1 Å². The van der Waals surface area contributed by atoms with Gasteiger partial charge in [0.1, 0.15) is 5.69 Å². The highest BCUT2D eigenvalue weighted by Crippen LogP contribution is 2.38. The number of rotatable bonds is 8. The molecule has 1 unspecified atom stereocenters. The number of benzene rings is 1. The predicted molar refractivity (Wildman–Crippen MR) is 76.2 cm³/mol. The zero-order valence-electron chi connectivity index (χ0n) is 12.1. The number of aliphatic carboxylic acids is 1. The summed E-state index contributed by atoms with van der Waals surface area (Å²) in [5, 5.41) is 22.8. The fraction of sp³-hybridized carbons (Fsp3) is 0.462. The zero-order chi connectivity index (χ0) is 16.0. The van der Waals surface area contributed by atoms with Gasteiger partial charge in [0.2, 0.25) is 0 Å². The minimum atomic E-state index is -0.975. The second kappa shape index (κ2) is 7.32. The fourth-order valence-electron chi connectivity index (χ4n) is 1.86. The number of nitro benzene ring substituents is 1. The van der Waals surface area contributed by atoms with Gasteiger partial charge in [0, 0.05) is 12.1 Å². The van der Waals surface area contributed by atoms with Gasteiger partial charge in [-0.3, -0.25) is 14.9 Å². The van der Waals surface area contributed by atoms with Crippen LogP contribution in [0.3, 0.4) is 0 Å². The Hall–Kier alpha value is -2.51. The van der Waals surface area contributed by atoms with Gasteiger partial charge in [-0.25, -0.2) is 0 Å². The number of hydrogen-bond acceptors (Lipinski definition) is 6. The van der Waals surface area contributed by atoms with E-state index in [9.17, 15) is 14.9 Å². The van der Waals surface area contributed by atoms with E-state index in [1.165, 1.54) is 26.4 Å². The number of carboxylic acids is 1. The van der Waals surface area contributed by atoms with Crippen LogP contribution in [0, 0.1) is 10.1 Å². The van der Waals surface area contributed by atoms with Crippen molar-refractivity contribution in [3.05, 3.63) is 22.2 Å². The summed E-state index contributed by atoms with van der Waals surface area (Å²) in [6.07, 6.45) is 0.375. The van der Waals surface area contributed by atoms with E-state index in [0.717, 1.165) is 0 Å². The molecule has 0 aromatic heterocycles. The third-order valence-corrected chi connectivity index (χ3v) is 2.97.